The topological polar surface area (TPSA) is 0 Å². The molecule has 1 heterocycles. The third-order valence-corrected chi connectivity index (χ3v) is 12.0. The van der Waals surface area contributed by atoms with Crippen LogP contribution in [0.15, 0.2) is 70.5 Å². The molecule has 0 aliphatic carbocycles. The maximum absolute atomic E-state index is 2.46. The van der Waals surface area contributed by atoms with E-state index in [1.807, 2.05) is 13.8 Å². The van der Waals surface area contributed by atoms with Crippen LogP contribution in [-0.4, -0.2) is 9.49 Å². The average Bonchev–Trinajstić information content (AvgIpc) is 3.01. The summed E-state index contributed by atoms with van der Waals surface area (Å²) < 4.78 is 0.359. The fourth-order valence-electron chi connectivity index (χ4n) is 5.85. The maximum atomic E-state index is 2.46. The van der Waals surface area contributed by atoms with Crippen LogP contribution in [0.2, 0.25) is 0 Å². The Morgan fingerprint density at radius 2 is 0.828 bits per heavy atom. The molecule has 0 nitrogen and oxygen atoms in total. The molecule has 0 amide bonds. The van der Waals surface area contributed by atoms with E-state index in [1.165, 1.54) is 32.3 Å². The monoisotopic (exact) mass is 402 g/mol. The summed E-state index contributed by atoms with van der Waals surface area (Å²) >= 11 is 0. The van der Waals surface area contributed by atoms with Gasteiger partial charge in [0.2, 0.25) is 0 Å². The molecule has 1 heteroatoms. The van der Waals surface area contributed by atoms with Crippen LogP contribution in [0.5, 0.6) is 0 Å². The maximum Gasteiger partial charge on any atom is 0.00367 e. The van der Waals surface area contributed by atoms with Crippen molar-refractivity contribution in [3.8, 4) is 0 Å². The SMILES string of the molecule is CC.CC(C)(C)S1(C(C)(C)C)c2cccc3c4ccccc4c4cccc1c4c23. The quantitative estimate of drug-likeness (QED) is 0.257. The van der Waals surface area contributed by atoms with Crippen molar-refractivity contribution in [2.75, 3.05) is 0 Å². The lowest BCUT2D eigenvalue weighted by Crippen LogP contribution is -2.37. The summed E-state index contributed by atoms with van der Waals surface area (Å²) in [6, 6.07) is 23.1. The Hall–Kier alpha value is -1.99. The Balaban J connectivity index is 0.000000994. The standard InChI is InChI=1S/C26H28S.C2H6/c1-25(2,3)27(26(4,5)6)21-15-9-13-19-17-11-7-8-12-18(17)20-14-10-16-22(27)24(20)23(19)21;1-2/h7-16H,1-6H3;1-2H3. The van der Waals surface area contributed by atoms with E-state index >= 15 is 0 Å². The molecule has 1 aliphatic rings. The van der Waals surface area contributed by atoms with Crippen LogP contribution in [-0.2, 0) is 0 Å². The van der Waals surface area contributed by atoms with Gasteiger partial charge in [0.05, 0.1) is 0 Å². The number of rotatable bonds is 0. The van der Waals surface area contributed by atoms with Gasteiger partial charge in [-0.15, -0.1) is 0 Å². The predicted octanol–water partition coefficient (Wildman–Crippen LogP) is 9.31. The predicted molar refractivity (Wildman–Crippen MR) is 134 cm³/mol. The van der Waals surface area contributed by atoms with Crippen LogP contribution in [0.1, 0.15) is 55.4 Å². The van der Waals surface area contributed by atoms with Gasteiger partial charge in [-0.3, -0.25) is 0 Å². The molecule has 4 aromatic rings. The van der Waals surface area contributed by atoms with E-state index in [4.69, 9.17) is 0 Å². The van der Waals surface area contributed by atoms with Crippen molar-refractivity contribution >= 4 is 42.3 Å². The fraction of sp³-hybridized carbons (Fsp3) is 0.357. The van der Waals surface area contributed by atoms with Crippen LogP contribution < -0.4 is 0 Å². The number of hydrogen-bond acceptors (Lipinski definition) is 0. The van der Waals surface area contributed by atoms with Gasteiger partial charge in [-0.1, -0.05) is 104 Å². The van der Waals surface area contributed by atoms with Gasteiger partial charge in [0, 0.05) is 20.6 Å². The molecule has 0 fully saturated rings. The summed E-state index contributed by atoms with van der Waals surface area (Å²) in [6.45, 7) is 18.7. The zero-order valence-corrected chi connectivity index (χ0v) is 20.0. The summed E-state index contributed by atoms with van der Waals surface area (Å²) in [6.07, 6.45) is 0. The molecular weight excluding hydrogens is 368 g/mol. The summed E-state index contributed by atoms with van der Waals surface area (Å²) in [5.41, 5.74) is 0. The van der Waals surface area contributed by atoms with Gasteiger partial charge in [0.25, 0.3) is 0 Å². The molecule has 1 aliphatic heterocycles. The van der Waals surface area contributed by atoms with Crippen molar-refractivity contribution in [3.63, 3.8) is 0 Å². The highest BCUT2D eigenvalue weighted by Gasteiger charge is 2.52. The minimum absolute atomic E-state index is 0.180. The normalized spacial score (nSPS) is 16.3. The van der Waals surface area contributed by atoms with Crippen LogP contribution >= 0.6 is 10.0 Å². The molecule has 29 heavy (non-hydrogen) atoms. The van der Waals surface area contributed by atoms with Crippen molar-refractivity contribution in [2.24, 2.45) is 0 Å². The van der Waals surface area contributed by atoms with E-state index in [1.54, 1.807) is 9.79 Å². The first-order chi connectivity index (χ1) is 13.7. The Morgan fingerprint density at radius 3 is 1.17 bits per heavy atom. The minimum atomic E-state index is -1.23. The molecular formula is C28H34S. The molecule has 0 spiro atoms. The molecule has 0 N–H and O–H groups in total. The molecule has 0 saturated carbocycles. The number of fused-ring (bicyclic) bond motifs is 3. The first-order valence-corrected chi connectivity index (χ1v) is 12.5. The van der Waals surface area contributed by atoms with E-state index in [9.17, 15) is 0 Å². The van der Waals surface area contributed by atoms with E-state index in [-0.39, 0.29) is 9.49 Å². The van der Waals surface area contributed by atoms with Gasteiger partial charge in [-0.2, -0.15) is 10.0 Å². The zero-order chi connectivity index (χ0) is 21.2. The lowest BCUT2D eigenvalue weighted by molar-refractivity contribution is 0.706. The molecule has 5 rings (SSSR count). The van der Waals surface area contributed by atoms with Crippen molar-refractivity contribution in [1.82, 2.24) is 0 Å². The lowest BCUT2D eigenvalue weighted by Gasteiger charge is -2.58. The second-order valence-corrected chi connectivity index (χ2v) is 14.3. The molecule has 152 valence electrons. The Labute approximate surface area is 177 Å². The number of benzene rings is 4. The molecule has 4 aromatic carbocycles. The van der Waals surface area contributed by atoms with Gasteiger partial charge in [0.1, 0.15) is 0 Å². The van der Waals surface area contributed by atoms with Gasteiger partial charge in [-0.25, -0.2) is 0 Å². The van der Waals surface area contributed by atoms with Gasteiger partial charge < -0.3 is 0 Å². The zero-order valence-electron chi connectivity index (χ0n) is 19.2. The smallest absolute Gasteiger partial charge is 0.00367 e. The Morgan fingerprint density at radius 1 is 0.483 bits per heavy atom. The van der Waals surface area contributed by atoms with E-state index in [0.29, 0.717) is 0 Å². The van der Waals surface area contributed by atoms with E-state index in [2.05, 4.69) is 102 Å². The second-order valence-electron chi connectivity index (χ2n) is 9.74. The minimum Gasteiger partial charge on any atom is -0.176 e. The fourth-order valence-corrected chi connectivity index (χ4v) is 12.2. The Bertz CT molecular complexity index is 1130. The molecule has 0 radical (unpaired) electrons. The summed E-state index contributed by atoms with van der Waals surface area (Å²) in [5.74, 6) is 0. The van der Waals surface area contributed by atoms with Gasteiger partial charge in [-0.05, 0) is 43.2 Å². The molecule has 0 aromatic heterocycles. The highest BCUT2D eigenvalue weighted by atomic mass is 32.3. The average molecular weight is 403 g/mol. The largest absolute Gasteiger partial charge is 0.176 e. The highest BCUT2D eigenvalue weighted by Crippen LogP contribution is 2.82. The summed E-state index contributed by atoms with van der Waals surface area (Å²) in [4.78, 5) is 3.19. The van der Waals surface area contributed by atoms with Crippen molar-refractivity contribution in [2.45, 2.75) is 74.7 Å². The first-order valence-electron chi connectivity index (χ1n) is 10.9. The summed E-state index contributed by atoms with van der Waals surface area (Å²) in [5, 5.41) is 8.65. The third-order valence-electron chi connectivity index (χ3n) is 6.31. The van der Waals surface area contributed by atoms with Crippen LogP contribution in [0.4, 0.5) is 0 Å². The second kappa shape index (κ2) is 6.51. The van der Waals surface area contributed by atoms with Gasteiger partial charge >= 0.3 is 0 Å². The van der Waals surface area contributed by atoms with Crippen LogP contribution in [0.3, 0.4) is 0 Å². The van der Waals surface area contributed by atoms with Crippen molar-refractivity contribution in [1.29, 1.82) is 0 Å². The van der Waals surface area contributed by atoms with Crippen LogP contribution in [0, 0.1) is 0 Å². The molecule has 0 bridgehead atoms. The third kappa shape index (κ3) is 2.40. The molecule has 0 saturated heterocycles. The van der Waals surface area contributed by atoms with Crippen LogP contribution in [0.25, 0.3) is 32.3 Å². The first kappa shape index (κ1) is 20.3. The van der Waals surface area contributed by atoms with Crippen molar-refractivity contribution in [3.05, 3.63) is 60.7 Å². The molecule has 0 unspecified atom stereocenters. The van der Waals surface area contributed by atoms with Crippen molar-refractivity contribution < 1.29 is 0 Å². The molecule has 0 atom stereocenters. The lowest BCUT2D eigenvalue weighted by atomic mass is 9.95. The highest BCUT2D eigenvalue weighted by molar-refractivity contribution is 8.36. The number of hydrogen-bond donors (Lipinski definition) is 0. The van der Waals surface area contributed by atoms with E-state index in [0.717, 1.165) is 0 Å². The summed E-state index contributed by atoms with van der Waals surface area (Å²) in [7, 11) is -1.23. The van der Waals surface area contributed by atoms with E-state index < -0.39 is 10.0 Å². The van der Waals surface area contributed by atoms with Gasteiger partial charge in [0.15, 0.2) is 0 Å². The Kier molecular flexibility index (Phi) is 4.55.